The number of thioether (sulfide) groups is 1. The summed E-state index contributed by atoms with van der Waals surface area (Å²) in [5, 5.41) is 3.22. The van der Waals surface area contributed by atoms with E-state index in [1.54, 1.807) is 0 Å². The van der Waals surface area contributed by atoms with E-state index in [2.05, 4.69) is 36.5 Å². The van der Waals surface area contributed by atoms with Crippen molar-refractivity contribution in [2.75, 3.05) is 13.2 Å². The van der Waals surface area contributed by atoms with Gasteiger partial charge in [-0.25, -0.2) is 0 Å². The Morgan fingerprint density at radius 3 is 2.39 bits per heavy atom. The molecule has 0 heterocycles. The Kier molecular flexibility index (Phi) is 7.52. The average Bonchev–Trinajstić information content (AvgIpc) is 3.10. The van der Waals surface area contributed by atoms with Gasteiger partial charge < -0.3 is 15.8 Å². The van der Waals surface area contributed by atoms with Crippen molar-refractivity contribution in [2.24, 2.45) is 11.1 Å². The summed E-state index contributed by atoms with van der Waals surface area (Å²) >= 11 is 1.91. The molecule has 4 nitrogen and oxygen atoms in total. The Bertz CT molecular complexity index is 674. The van der Waals surface area contributed by atoms with Gasteiger partial charge in [-0.15, -0.1) is 24.2 Å². The Morgan fingerprint density at radius 1 is 1.25 bits per heavy atom. The van der Waals surface area contributed by atoms with E-state index in [0.717, 1.165) is 12.8 Å². The number of hydrogen-bond acceptors (Lipinski definition) is 4. The molecule has 28 heavy (non-hydrogen) atoms. The lowest BCUT2D eigenvalue weighted by molar-refractivity contribution is -0.170. The summed E-state index contributed by atoms with van der Waals surface area (Å²) in [5.41, 5.74) is 6.62. The van der Waals surface area contributed by atoms with Crippen molar-refractivity contribution in [3.05, 3.63) is 29.8 Å². The molecule has 158 valence electrons. The number of rotatable bonds is 7. The fourth-order valence-electron chi connectivity index (χ4n) is 4.41. The predicted octanol–water partition coefficient (Wildman–Crippen LogP) is 4.47. The molecule has 1 aromatic rings. The van der Waals surface area contributed by atoms with Crippen molar-refractivity contribution >= 4 is 30.1 Å². The van der Waals surface area contributed by atoms with Gasteiger partial charge in [0, 0.05) is 34.6 Å². The summed E-state index contributed by atoms with van der Waals surface area (Å²) in [6.45, 7) is 9.52. The van der Waals surface area contributed by atoms with Crippen molar-refractivity contribution in [3.63, 3.8) is 0 Å². The monoisotopic (exact) mass is 426 g/mol. The van der Waals surface area contributed by atoms with Crippen LogP contribution in [0.5, 0.6) is 0 Å². The molecule has 0 spiro atoms. The second kappa shape index (κ2) is 8.95. The molecular formula is C22H35ClN2O2S. The summed E-state index contributed by atoms with van der Waals surface area (Å²) < 4.78 is 5.84. The minimum atomic E-state index is -0.846. The van der Waals surface area contributed by atoms with Gasteiger partial charge in [-0.3, -0.25) is 4.79 Å². The van der Waals surface area contributed by atoms with E-state index in [1.165, 1.54) is 23.3 Å². The number of nitrogens with two attached hydrogens (primary N) is 1. The third-order valence-corrected chi connectivity index (χ3v) is 8.17. The molecule has 1 aromatic carbocycles. The lowest BCUT2D eigenvalue weighted by Gasteiger charge is -2.57. The SMILES string of the molecule is CCOC1CC(N)(C(=O)NCC2(Sc3ccc(C)cc3)CCCC2)C1(C)C.Cl. The maximum atomic E-state index is 13.0. The quantitative estimate of drug-likeness (QED) is 0.675. The first-order chi connectivity index (χ1) is 12.7. The van der Waals surface area contributed by atoms with Gasteiger partial charge in [0.25, 0.3) is 0 Å². The van der Waals surface area contributed by atoms with Gasteiger partial charge in [0.15, 0.2) is 0 Å². The third-order valence-electron chi connectivity index (χ3n) is 6.68. The summed E-state index contributed by atoms with van der Waals surface area (Å²) in [7, 11) is 0. The topological polar surface area (TPSA) is 64.3 Å². The number of amides is 1. The Balaban J connectivity index is 0.00000280. The van der Waals surface area contributed by atoms with E-state index in [4.69, 9.17) is 10.5 Å². The molecule has 2 saturated carbocycles. The predicted molar refractivity (Wildman–Crippen MR) is 119 cm³/mol. The molecule has 2 unspecified atom stereocenters. The van der Waals surface area contributed by atoms with Crippen molar-refractivity contribution < 1.29 is 9.53 Å². The highest BCUT2D eigenvalue weighted by Crippen LogP contribution is 2.50. The maximum Gasteiger partial charge on any atom is 0.240 e. The van der Waals surface area contributed by atoms with E-state index in [1.807, 2.05) is 32.5 Å². The fraction of sp³-hybridized carbons (Fsp3) is 0.682. The number of carbonyl (C=O) groups is 1. The van der Waals surface area contributed by atoms with Crippen LogP contribution in [0.25, 0.3) is 0 Å². The fourth-order valence-corrected chi connectivity index (χ4v) is 5.82. The maximum absolute atomic E-state index is 13.0. The molecule has 0 aliphatic heterocycles. The summed E-state index contributed by atoms with van der Waals surface area (Å²) in [6, 6.07) is 8.69. The smallest absolute Gasteiger partial charge is 0.240 e. The van der Waals surface area contributed by atoms with Crippen LogP contribution in [0.1, 0.15) is 58.4 Å². The molecule has 3 rings (SSSR count). The van der Waals surface area contributed by atoms with Gasteiger partial charge in [-0.1, -0.05) is 44.4 Å². The number of halogens is 1. The van der Waals surface area contributed by atoms with Gasteiger partial charge in [-0.2, -0.15) is 0 Å². The number of aryl methyl sites for hydroxylation is 1. The summed E-state index contributed by atoms with van der Waals surface area (Å²) in [6.07, 6.45) is 5.36. The molecule has 6 heteroatoms. The van der Waals surface area contributed by atoms with E-state index in [0.29, 0.717) is 19.6 Å². The molecule has 2 fully saturated rings. The standard InChI is InChI=1S/C22H34N2O2S.ClH/c1-5-26-18-14-22(23,20(18,3)4)19(25)24-15-21(12-6-7-13-21)27-17-10-8-16(2)9-11-17;/h8-11,18H,5-7,12-15,23H2,1-4H3,(H,24,25);1H. The molecule has 3 N–H and O–H groups in total. The first kappa shape index (κ1) is 23.5. The third kappa shape index (κ3) is 4.38. The van der Waals surface area contributed by atoms with Crippen LogP contribution in [-0.4, -0.2) is 35.4 Å². The highest BCUT2D eigenvalue weighted by Gasteiger charge is 2.63. The minimum absolute atomic E-state index is 0. The van der Waals surface area contributed by atoms with Gasteiger partial charge in [0.2, 0.25) is 5.91 Å². The van der Waals surface area contributed by atoms with Crippen LogP contribution in [0.15, 0.2) is 29.2 Å². The van der Waals surface area contributed by atoms with E-state index in [-0.39, 0.29) is 34.6 Å². The number of carbonyl (C=O) groups excluding carboxylic acids is 1. The number of hydrogen-bond donors (Lipinski definition) is 2. The van der Waals surface area contributed by atoms with Crippen molar-refractivity contribution in [2.45, 2.75) is 81.1 Å². The second-order valence-electron chi connectivity index (χ2n) is 8.83. The molecule has 0 saturated heterocycles. The average molecular weight is 427 g/mol. The highest BCUT2D eigenvalue weighted by molar-refractivity contribution is 8.00. The van der Waals surface area contributed by atoms with Crippen LogP contribution in [0, 0.1) is 12.3 Å². The van der Waals surface area contributed by atoms with Crippen LogP contribution >= 0.6 is 24.2 Å². The van der Waals surface area contributed by atoms with Crippen molar-refractivity contribution in [1.29, 1.82) is 0 Å². The van der Waals surface area contributed by atoms with Crippen LogP contribution in [0.2, 0.25) is 0 Å². The summed E-state index contributed by atoms with van der Waals surface area (Å²) in [4.78, 5) is 14.3. The summed E-state index contributed by atoms with van der Waals surface area (Å²) in [5.74, 6) is -0.0285. The zero-order valence-electron chi connectivity index (χ0n) is 17.5. The Labute approximate surface area is 180 Å². The largest absolute Gasteiger partial charge is 0.378 e. The zero-order valence-corrected chi connectivity index (χ0v) is 19.2. The van der Waals surface area contributed by atoms with Crippen molar-refractivity contribution in [1.82, 2.24) is 5.32 Å². The number of benzene rings is 1. The zero-order chi connectivity index (χ0) is 19.7. The Hall–Kier alpha value is -0.750. The van der Waals surface area contributed by atoms with Gasteiger partial charge >= 0.3 is 0 Å². The van der Waals surface area contributed by atoms with Crippen LogP contribution < -0.4 is 11.1 Å². The highest BCUT2D eigenvalue weighted by atomic mass is 35.5. The first-order valence-corrected chi connectivity index (χ1v) is 11.0. The lowest BCUT2D eigenvalue weighted by atomic mass is 9.54. The van der Waals surface area contributed by atoms with Crippen molar-refractivity contribution in [3.8, 4) is 0 Å². The van der Waals surface area contributed by atoms with E-state index in [9.17, 15) is 4.79 Å². The van der Waals surface area contributed by atoms with Gasteiger partial charge in [0.1, 0.15) is 5.54 Å². The molecule has 1 amide bonds. The van der Waals surface area contributed by atoms with E-state index >= 15 is 0 Å². The normalized spacial score (nSPS) is 27.5. The molecule has 0 radical (unpaired) electrons. The Morgan fingerprint density at radius 2 is 1.86 bits per heavy atom. The van der Waals surface area contributed by atoms with Crippen LogP contribution in [-0.2, 0) is 9.53 Å². The molecule has 2 aliphatic rings. The van der Waals surface area contributed by atoms with Gasteiger partial charge in [0.05, 0.1) is 6.10 Å². The number of nitrogens with one attached hydrogen (secondary N) is 1. The molecule has 0 bridgehead atoms. The molecule has 0 aromatic heterocycles. The second-order valence-corrected chi connectivity index (χ2v) is 10.4. The number of ether oxygens (including phenoxy) is 1. The molecule has 2 aliphatic carbocycles. The lowest BCUT2D eigenvalue weighted by Crippen LogP contribution is -2.76. The molecular weight excluding hydrogens is 392 g/mol. The van der Waals surface area contributed by atoms with E-state index < -0.39 is 5.54 Å². The first-order valence-electron chi connectivity index (χ1n) is 10.2. The minimum Gasteiger partial charge on any atom is -0.378 e. The van der Waals surface area contributed by atoms with Crippen LogP contribution in [0.3, 0.4) is 0 Å². The molecule has 2 atom stereocenters. The van der Waals surface area contributed by atoms with Crippen LogP contribution in [0.4, 0.5) is 0 Å². The van der Waals surface area contributed by atoms with Gasteiger partial charge in [-0.05, 0) is 38.8 Å².